The smallest absolute Gasteiger partial charge is 0.279 e. The van der Waals surface area contributed by atoms with Crippen LogP contribution in [0.2, 0.25) is 0 Å². The van der Waals surface area contributed by atoms with Crippen LogP contribution in [-0.4, -0.2) is 35.5 Å². The molecule has 8 nitrogen and oxygen atoms in total. The number of aromatic nitrogens is 1. The highest BCUT2D eigenvalue weighted by molar-refractivity contribution is 7.16. The van der Waals surface area contributed by atoms with E-state index in [2.05, 4.69) is 4.99 Å². The molecule has 0 unspecified atom stereocenters. The number of carbonyl (C=O) groups is 3. The van der Waals surface area contributed by atoms with Crippen molar-refractivity contribution in [2.45, 2.75) is 26.3 Å². The lowest BCUT2D eigenvalue weighted by molar-refractivity contribution is -0.121. The number of ether oxygens (including phenoxy) is 2. The molecule has 0 atom stereocenters. The summed E-state index contributed by atoms with van der Waals surface area (Å²) in [4.78, 5) is 43.0. The maximum atomic E-state index is 12.9. The molecule has 3 amide bonds. The Bertz CT molecular complexity index is 1290. The second-order valence-corrected chi connectivity index (χ2v) is 8.19. The van der Waals surface area contributed by atoms with Crippen LogP contribution in [-0.2, 0) is 16.1 Å². The third-order valence-corrected chi connectivity index (χ3v) is 6.30. The van der Waals surface area contributed by atoms with Gasteiger partial charge in [-0.3, -0.25) is 19.3 Å². The number of hydrogen-bond acceptors (Lipinski definition) is 6. The van der Waals surface area contributed by atoms with Gasteiger partial charge in [0.15, 0.2) is 16.3 Å². The summed E-state index contributed by atoms with van der Waals surface area (Å²) in [5, 5.41) is 0. The van der Waals surface area contributed by atoms with Crippen molar-refractivity contribution < 1.29 is 23.9 Å². The Morgan fingerprint density at radius 3 is 2.48 bits per heavy atom. The molecule has 1 aromatic heterocycles. The highest BCUT2D eigenvalue weighted by Gasteiger charge is 2.30. The van der Waals surface area contributed by atoms with Gasteiger partial charge in [-0.25, -0.2) is 0 Å². The topological polar surface area (TPSA) is 90.2 Å². The number of carbonyl (C=O) groups excluding carboxylic acids is 3. The van der Waals surface area contributed by atoms with Crippen LogP contribution in [0.1, 0.15) is 30.1 Å². The van der Waals surface area contributed by atoms with E-state index in [1.54, 1.807) is 18.2 Å². The van der Waals surface area contributed by atoms with E-state index < -0.39 is 5.91 Å². The minimum atomic E-state index is -0.438. The minimum Gasteiger partial charge on any atom is -0.486 e. The van der Waals surface area contributed by atoms with Gasteiger partial charge in [-0.2, -0.15) is 4.99 Å². The lowest BCUT2D eigenvalue weighted by Gasteiger charge is -2.18. The first-order valence-electron chi connectivity index (χ1n) is 10.0. The van der Waals surface area contributed by atoms with E-state index in [4.69, 9.17) is 9.47 Å². The van der Waals surface area contributed by atoms with Crippen LogP contribution in [0.25, 0.3) is 10.2 Å². The third-order valence-electron chi connectivity index (χ3n) is 5.26. The van der Waals surface area contributed by atoms with Gasteiger partial charge < -0.3 is 14.0 Å². The molecule has 31 heavy (non-hydrogen) atoms. The predicted octanol–water partition coefficient (Wildman–Crippen LogP) is 2.89. The third kappa shape index (κ3) is 3.40. The molecule has 158 valence electrons. The summed E-state index contributed by atoms with van der Waals surface area (Å²) in [6, 6.07) is 10.3. The summed E-state index contributed by atoms with van der Waals surface area (Å²) >= 11 is 1.40. The van der Waals surface area contributed by atoms with Crippen molar-refractivity contribution in [3.05, 3.63) is 46.8 Å². The van der Waals surface area contributed by atoms with Crippen molar-refractivity contribution in [1.29, 1.82) is 0 Å². The molecule has 0 aliphatic carbocycles. The molecule has 3 heterocycles. The highest BCUT2D eigenvalue weighted by atomic mass is 32.1. The number of aryl methyl sites for hydroxylation is 1. The molecule has 5 rings (SSSR count). The van der Waals surface area contributed by atoms with E-state index in [0.717, 1.165) is 15.1 Å². The Hall–Kier alpha value is -3.46. The Labute approximate surface area is 181 Å². The van der Waals surface area contributed by atoms with Crippen LogP contribution < -0.4 is 19.2 Å². The molecule has 1 fully saturated rings. The normalized spacial score (nSPS) is 16.4. The van der Waals surface area contributed by atoms with E-state index in [0.29, 0.717) is 47.3 Å². The maximum Gasteiger partial charge on any atom is 0.279 e. The zero-order valence-corrected chi connectivity index (χ0v) is 17.6. The summed E-state index contributed by atoms with van der Waals surface area (Å²) in [5.41, 5.74) is 1.64. The van der Waals surface area contributed by atoms with Crippen molar-refractivity contribution in [3.8, 4) is 11.5 Å². The number of thiazole rings is 1. The average Bonchev–Trinajstić information content (AvgIpc) is 3.29. The quantitative estimate of drug-likeness (QED) is 0.588. The molecule has 2 aliphatic rings. The number of imide groups is 1. The first kappa shape index (κ1) is 19.5. The molecule has 0 bridgehead atoms. The van der Waals surface area contributed by atoms with Crippen molar-refractivity contribution in [2.75, 3.05) is 18.1 Å². The number of anilines is 1. The Balaban J connectivity index is 1.55. The Morgan fingerprint density at radius 1 is 1.06 bits per heavy atom. The molecular weight excluding hydrogens is 418 g/mol. The molecule has 9 heteroatoms. The lowest BCUT2D eigenvalue weighted by Crippen LogP contribution is -2.28. The van der Waals surface area contributed by atoms with Crippen molar-refractivity contribution in [2.24, 2.45) is 4.99 Å². The second-order valence-electron chi connectivity index (χ2n) is 7.18. The zero-order valence-electron chi connectivity index (χ0n) is 16.8. The standard InChI is InChI=1S/C22H19N3O5S/c1-2-24-15-11-16-17(30-9-8-29-16)12-18(15)31-22(24)23-21(28)13-4-3-5-14(10-13)25-19(26)6-7-20(25)27/h3-5,10-12H,2,6-9H2,1H3. The van der Waals surface area contributed by atoms with Crippen LogP contribution >= 0.6 is 11.3 Å². The van der Waals surface area contributed by atoms with Gasteiger partial charge in [-0.05, 0) is 25.1 Å². The summed E-state index contributed by atoms with van der Waals surface area (Å²) in [5.74, 6) is 0.423. The zero-order chi connectivity index (χ0) is 21.5. The molecule has 2 aromatic carbocycles. The van der Waals surface area contributed by atoms with E-state index in [9.17, 15) is 14.4 Å². The van der Waals surface area contributed by atoms with Gasteiger partial charge in [0.2, 0.25) is 11.8 Å². The van der Waals surface area contributed by atoms with Crippen LogP contribution in [0.4, 0.5) is 5.69 Å². The maximum absolute atomic E-state index is 12.9. The molecule has 3 aromatic rings. The van der Waals surface area contributed by atoms with Gasteiger partial charge in [-0.15, -0.1) is 0 Å². The summed E-state index contributed by atoms with van der Waals surface area (Å²) < 4.78 is 14.2. The van der Waals surface area contributed by atoms with Gasteiger partial charge in [0.05, 0.1) is 15.9 Å². The molecular formula is C22H19N3O5S. The fraction of sp³-hybridized carbons (Fsp3) is 0.273. The van der Waals surface area contributed by atoms with E-state index in [1.165, 1.54) is 17.4 Å². The Kier molecular flexibility index (Phi) is 4.82. The largest absolute Gasteiger partial charge is 0.486 e. The number of rotatable bonds is 3. The van der Waals surface area contributed by atoms with Gasteiger partial charge >= 0.3 is 0 Å². The summed E-state index contributed by atoms with van der Waals surface area (Å²) in [6.45, 7) is 3.62. The van der Waals surface area contributed by atoms with Gasteiger partial charge in [0, 0.05) is 37.1 Å². The molecule has 1 saturated heterocycles. The van der Waals surface area contributed by atoms with Gasteiger partial charge in [0.1, 0.15) is 13.2 Å². The van der Waals surface area contributed by atoms with Crippen molar-refractivity contribution >= 4 is 45.0 Å². The molecule has 0 radical (unpaired) electrons. The fourth-order valence-corrected chi connectivity index (χ4v) is 4.89. The van der Waals surface area contributed by atoms with E-state index in [-0.39, 0.29) is 24.7 Å². The number of fused-ring (bicyclic) bond motifs is 2. The van der Waals surface area contributed by atoms with Crippen LogP contribution in [0.3, 0.4) is 0 Å². The lowest BCUT2D eigenvalue weighted by atomic mass is 10.2. The van der Waals surface area contributed by atoms with Crippen LogP contribution in [0.5, 0.6) is 11.5 Å². The number of hydrogen-bond donors (Lipinski definition) is 0. The van der Waals surface area contributed by atoms with E-state index in [1.807, 2.05) is 23.6 Å². The van der Waals surface area contributed by atoms with Crippen molar-refractivity contribution in [3.63, 3.8) is 0 Å². The van der Waals surface area contributed by atoms with Crippen LogP contribution in [0.15, 0.2) is 41.4 Å². The SMILES string of the molecule is CCn1c(=NC(=O)c2cccc(N3C(=O)CCC3=O)c2)sc2cc3c(cc21)OCCO3. The second kappa shape index (κ2) is 7.66. The molecule has 0 saturated carbocycles. The van der Waals surface area contributed by atoms with Crippen molar-refractivity contribution in [1.82, 2.24) is 4.57 Å². The van der Waals surface area contributed by atoms with Crippen LogP contribution in [0, 0.1) is 0 Å². The number of nitrogens with zero attached hydrogens (tertiary/aromatic N) is 3. The number of benzene rings is 2. The molecule has 0 N–H and O–H groups in total. The fourth-order valence-electron chi connectivity index (χ4n) is 3.79. The minimum absolute atomic E-state index is 0.192. The average molecular weight is 437 g/mol. The Morgan fingerprint density at radius 2 is 1.77 bits per heavy atom. The molecule has 0 spiro atoms. The summed E-state index contributed by atoms with van der Waals surface area (Å²) in [7, 11) is 0. The molecule has 2 aliphatic heterocycles. The van der Waals surface area contributed by atoms with Gasteiger partial charge in [-0.1, -0.05) is 17.4 Å². The number of amides is 3. The van der Waals surface area contributed by atoms with E-state index >= 15 is 0 Å². The first-order valence-corrected chi connectivity index (χ1v) is 10.8. The summed E-state index contributed by atoms with van der Waals surface area (Å²) in [6.07, 6.45) is 0.383. The predicted molar refractivity (Wildman–Crippen MR) is 115 cm³/mol. The van der Waals surface area contributed by atoms with Gasteiger partial charge in [0.25, 0.3) is 5.91 Å². The highest BCUT2D eigenvalue weighted by Crippen LogP contribution is 2.35. The monoisotopic (exact) mass is 437 g/mol. The first-order chi connectivity index (χ1) is 15.0.